The number of carbonyl (C=O) groups excluding carboxylic acids is 1. The van der Waals surface area contributed by atoms with Crippen LogP contribution in [0.2, 0.25) is 0 Å². The minimum atomic E-state index is -3.68. The van der Waals surface area contributed by atoms with Gasteiger partial charge in [0.1, 0.15) is 0 Å². The van der Waals surface area contributed by atoms with Gasteiger partial charge in [-0.15, -0.1) is 8.78 Å². The number of nitrogens with two attached hydrogens (primary N) is 1. The average molecular weight is 292 g/mol. The molecule has 0 unspecified atom stereocenters. The van der Waals surface area contributed by atoms with Gasteiger partial charge in [0.2, 0.25) is 0 Å². The van der Waals surface area contributed by atoms with E-state index in [0.29, 0.717) is 16.9 Å². The smallest absolute Gasteiger partial charge is 0.399 e. The van der Waals surface area contributed by atoms with Crippen molar-refractivity contribution in [1.29, 1.82) is 0 Å². The van der Waals surface area contributed by atoms with E-state index in [2.05, 4.69) is 14.8 Å². The second-order valence-corrected chi connectivity index (χ2v) is 4.41. The highest BCUT2D eigenvalue weighted by Crippen LogP contribution is 2.42. The number of fused-ring (bicyclic) bond motifs is 1. The van der Waals surface area contributed by atoms with Gasteiger partial charge < -0.3 is 20.5 Å². The molecule has 3 N–H and O–H groups in total. The Labute approximate surface area is 118 Å². The highest BCUT2D eigenvalue weighted by molar-refractivity contribution is 6.04. The second-order valence-electron chi connectivity index (χ2n) is 4.41. The molecule has 0 radical (unpaired) electrons. The number of hydrogen-bond acceptors (Lipinski definition) is 4. The molecule has 1 aliphatic rings. The molecule has 21 heavy (non-hydrogen) atoms. The molecule has 7 heteroatoms. The van der Waals surface area contributed by atoms with Gasteiger partial charge in [0, 0.05) is 23.0 Å². The molecule has 1 heterocycles. The summed E-state index contributed by atoms with van der Waals surface area (Å²) in [5.74, 6) is -0.596. The van der Waals surface area contributed by atoms with Crippen molar-refractivity contribution in [2.45, 2.75) is 6.29 Å². The third-order valence-corrected chi connectivity index (χ3v) is 2.83. The fourth-order valence-corrected chi connectivity index (χ4v) is 1.86. The molecule has 0 atom stereocenters. The maximum Gasteiger partial charge on any atom is 0.586 e. The summed E-state index contributed by atoms with van der Waals surface area (Å²) < 4.78 is 34.4. The van der Waals surface area contributed by atoms with Crippen LogP contribution in [0.1, 0.15) is 10.4 Å². The first-order valence-electron chi connectivity index (χ1n) is 6.00. The first kappa shape index (κ1) is 13.2. The molecule has 0 saturated carbocycles. The van der Waals surface area contributed by atoms with Gasteiger partial charge in [-0.1, -0.05) is 0 Å². The molecule has 0 bridgehead atoms. The summed E-state index contributed by atoms with van der Waals surface area (Å²) in [4.78, 5) is 12.0. The average Bonchev–Trinajstić information content (AvgIpc) is 2.72. The van der Waals surface area contributed by atoms with Crippen LogP contribution >= 0.6 is 0 Å². The summed E-state index contributed by atoms with van der Waals surface area (Å²) >= 11 is 0. The van der Waals surface area contributed by atoms with E-state index < -0.39 is 6.29 Å². The molecule has 0 aliphatic carbocycles. The van der Waals surface area contributed by atoms with Crippen molar-refractivity contribution in [2.75, 3.05) is 11.1 Å². The lowest BCUT2D eigenvalue weighted by atomic mass is 10.2. The van der Waals surface area contributed by atoms with Gasteiger partial charge in [-0.2, -0.15) is 0 Å². The topological polar surface area (TPSA) is 73.6 Å². The number of amides is 1. The molecule has 108 valence electrons. The van der Waals surface area contributed by atoms with Gasteiger partial charge in [-0.25, -0.2) is 0 Å². The Balaban J connectivity index is 1.77. The molecule has 2 aromatic carbocycles. The number of alkyl halides is 2. The lowest BCUT2D eigenvalue weighted by molar-refractivity contribution is -0.286. The zero-order valence-corrected chi connectivity index (χ0v) is 10.6. The molecule has 1 amide bonds. The van der Waals surface area contributed by atoms with Crippen molar-refractivity contribution in [2.24, 2.45) is 0 Å². The number of anilines is 2. The van der Waals surface area contributed by atoms with Crippen LogP contribution in [0.25, 0.3) is 0 Å². The van der Waals surface area contributed by atoms with Crippen LogP contribution in [0.5, 0.6) is 11.5 Å². The third kappa shape index (κ3) is 2.71. The van der Waals surface area contributed by atoms with E-state index in [1.54, 1.807) is 24.3 Å². The molecule has 0 fully saturated rings. The Morgan fingerprint density at radius 2 is 1.71 bits per heavy atom. The fraction of sp³-hybridized carbons (Fsp3) is 0.0714. The Morgan fingerprint density at radius 1 is 1.05 bits per heavy atom. The van der Waals surface area contributed by atoms with Gasteiger partial charge in [0.15, 0.2) is 11.5 Å². The number of nitrogen functional groups attached to an aromatic ring is 1. The molecular formula is C14H10F2N2O3. The van der Waals surface area contributed by atoms with Crippen molar-refractivity contribution in [3.63, 3.8) is 0 Å². The quantitative estimate of drug-likeness (QED) is 0.835. The molecule has 0 spiro atoms. The normalized spacial score (nSPS) is 14.8. The molecule has 5 nitrogen and oxygen atoms in total. The van der Waals surface area contributed by atoms with Crippen LogP contribution in [0, 0.1) is 0 Å². The van der Waals surface area contributed by atoms with E-state index in [1.165, 1.54) is 18.2 Å². The summed E-state index contributed by atoms with van der Waals surface area (Å²) in [6.45, 7) is 0. The molecule has 3 rings (SSSR count). The summed E-state index contributed by atoms with van der Waals surface area (Å²) in [5.41, 5.74) is 6.78. The van der Waals surface area contributed by atoms with E-state index >= 15 is 0 Å². The van der Waals surface area contributed by atoms with E-state index in [9.17, 15) is 13.6 Å². The van der Waals surface area contributed by atoms with Crippen LogP contribution in [-0.4, -0.2) is 12.2 Å². The van der Waals surface area contributed by atoms with Gasteiger partial charge in [0.25, 0.3) is 5.91 Å². The van der Waals surface area contributed by atoms with E-state index in [4.69, 9.17) is 5.73 Å². The van der Waals surface area contributed by atoms with Crippen LogP contribution in [0.4, 0.5) is 20.2 Å². The van der Waals surface area contributed by atoms with E-state index in [-0.39, 0.29) is 17.4 Å². The Hall–Kier alpha value is -2.83. The van der Waals surface area contributed by atoms with Crippen molar-refractivity contribution in [3.05, 3.63) is 48.0 Å². The number of halogens is 2. The van der Waals surface area contributed by atoms with Crippen molar-refractivity contribution in [1.82, 2.24) is 0 Å². The van der Waals surface area contributed by atoms with Crippen molar-refractivity contribution >= 4 is 17.3 Å². The Bertz CT molecular complexity index is 702. The van der Waals surface area contributed by atoms with Crippen molar-refractivity contribution < 1.29 is 23.0 Å². The molecule has 2 aromatic rings. The number of hydrogen-bond donors (Lipinski definition) is 2. The molecule has 1 aliphatic heterocycles. The molecule has 0 aromatic heterocycles. The number of ether oxygens (including phenoxy) is 2. The predicted molar refractivity (Wildman–Crippen MR) is 71.5 cm³/mol. The number of nitrogens with one attached hydrogen (secondary N) is 1. The van der Waals surface area contributed by atoms with Crippen LogP contribution in [0.15, 0.2) is 42.5 Å². The molecule has 0 saturated heterocycles. The third-order valence-electron chi connectivity index (χ3n) is 2.83. The van der Waals surface area contributed by atoms with Crippen LogP contribution in [-0.2, 0) is 0 Å². The first-order valence-corrected chi connectivity index (χ1v) is 6.00. The zero-order valence-electron chi connectivity index (χ0n) is 10.6. The van der Waals surface area contributed by atoms with Gasteiger partial charge in [0.05, 0.1) is 0 Å². The van der Waals surface area contributed by atoms with E-state index in [1.807, 2.05) is 0 Å². The largest absolute Gasteiger partial charge is 0.586 e. The lowest BCUT2D eigenvalue weighted by Crippen LogP contribution is -2.25. The summed E-state index contributed by atoms with van der Waals surface area (Å²) in [6.07, 6.45) is -3.68. The number of rotatable bonds is 2. The Morgan fingerprint density at radius 3 is 2.43 bits per heavy atom. The lowest BCUT2D eigenvalue weighted by Gasteiger charge is -2.06. The minimum absolute atomic E-state index is 0.0783. The highest BCUT2D eigenvalue weighted by Gasteiger charge is 2.43. The van der Waals surface area contributed by atoms with Crippen LogP contribution in [0.3, 0.4) is 0 Å². The first-order chi connectivity index (χ1) is 9.93. The zero-order chi connectivity index (χ0) is 15.0. The second kappa shape index (κ2) is 4.62. The highest BCUT2D eigenvalue weighted by atomic mass is 19.3. The minimum Gasteiger partial charge on any atom is -0.399 e. The maximum atomic E-state index is 12.9. The van der Waals surface area contributed by atoms with Gasteiger partial charge in [-0.05, 0) is 36.4 Å². The van der Waals surface area contributed by atoms with Gasteiger partial charge in [-0.3, -0.25) is 4.79 Å². The van der Waals surface area contributed by atoms with Gasteiger partial charge >= 0.3 is 6.29 Å². The standard InChI is InChI=1S/C14H10F2N2O3/c15-14(16)20-11-6-5-10(7-12(11)21-14)18-13(19)8-1-3-9(17)4-2-8/h1-7H,17H2,(H,18,19). The SMILES string of the molecule is Nc1ccc(C(=O)Nc2ccc3c(c2)OC(F)(F)O3)cc1. The summed E-state index contributed by atoms with van der Waals surface area (Å²) in [5, 5.41) is 2.57. The van der Waals surface area contributed by atoms with Crippen LogP contribution < -0.4 is 20.5 Å². The summed E-state index contributed by atoms with van der Waals surface area (Å²) in [6, 6.07) is 10.3. The fourth-order valence-electron chi connectivity index (χ4n) is 1.86. The van der Waals surface area contributed by atoms with Crippen molar-refractivity contribution in [3.8, 4) is 11.5 Å². The number of carbonyl (C=O) groups is 1. The monoisotopic (exact) mass is 292 g/mol. The maximum absolute atomic E-state index is 12.9. The summed E-state index contributed by atoms with van der Waals surface area (Å²) in [7, 11) is 0. The molecular weight excluding hydrogens is 282 g/mol. The predicted octanol–water partition coefficient (Wildman–Crippen LogP) is 2.84. The van der Waals surface area contributed by atoms with E-state index in [0.717, 1.165) is 0 Å². The Kier molecular flexibility index (Phi) is 2.90. The number of benzene rings is 2.